The fraction of sp³-hybridized carbons (Fsp3) is 0.750. The van der Waals surface area contributed by atoms with Crippen LogP contribution in [0.25, 0.3) is 0 Å². The van der Waals surface area contributed by atoms with Gasteiger partial charge < -0.3 is 15.0 Å². The van der Waals surface area contributed by atoms with Gasteiger partial charge in [-0.05, 0) is 52.1 Å². The zero-order valence-corrected chi connectivity index (χ0v) is 13.2. The number of likely N-dealkylation sites (tertiary alicyclic amines) is 1. The van der Waals surface area contributed by atoms with Crippen molar-refractivity contribution < 1.29 is 9.90 Å². The van der Waals surface area contributed by atoms with Crippen molar-refractivity contribution in [2.24, 2.45) is 0 Å². The highest BCUT2D eigenvalue weighted by molar-refractivity contribution is 5.76. The standard InChI is InChI=1S/C16H26N4O2/c1-12-17-7-10-20(12)11-15(21)18-13-5-4-6-14(16(13)22)19-8-2-3-9-19/h7,10,13-14,16,22H,2-6,8-9,11H2,1H3,(H,18,21)/t13-,14-,16-/m1/s1. The van der Waals surface area contributed by atoms with Gasteiger partial charge >= 0.3 is 0 Å². The molecule has 6 heteroatoms. The quantitative estimate of drug-likeness (QED) is 0.858. The van der Waals surface area contributed by atoms with Crippen LogP contribution in [-0.2, 0) is 11.3 Å². The molecule has 1 saturated heterocycles. The Labute approximate surface area is 131 Å². The second-order valence-electron chi connectivity index (χ2n) is 6.51. The fourth-order valence-corrected chi connectivity index (χ4v) is 3.76. The highest BCUT2D eigenvalue weighted by Gasteiger charge is 2.36. The second-order valence-corrected chi connectivity index (χ2v) is 6.51. The number of imidazole rings is 1. The Morgan fingerprint density at radius 3 is 2.82 bits per heavy atom. The van der Waals surface area contributed by atoms with Crippen LogP contribution >= 0.6 is 0 Å². The minimum absolute atomic E-state index is 0.0489. The maximum atomic E-state index is 12.2. The third-order valence-electron chi connectivity index (χ3n) is 5.02. The normalized spacial score (nSPS) is 29.6. The average Bonchev–Trinajstić information content (AvgIpc) is 3.14. The molecule has 1 saturated carbocycles. The number of nitrogens with zero attached hydrogens (tertiary/aromatic N) is 3. The van der Waals surface area contributed by atoms with E-state index in [-0.39, 0.29) is 24.5 Å². The number of nitrogens with one attached hydrogen (secondary N) is 1. The SMILES string of the molecule is Cc1nccn1CC(=O)N[C@@H]1CCC[C@@H](N2CCCC2)[C@@H]1O. The van der Waals surface area contributed by atoms with Crippen LogP contribution in [0.5, 0.6) is 0 Å². The van der Waals surface area contributed by atoms with Crippen LogP contribution in [0.4, 0.5) is 0 Å². The van der Waals surface area contributed by atoms with Gasteiger partial charge in [0.25, 0.3) is 0 Å². The summed E-state index contributed by atoms with van der Waals surface area (Å²) in [6, 6.07) is 0.0761. The summed E-state index contributed by atoms with van der Waals surface area (Å²) in [6.45, 7) is 4.31. The lowest BCUT2D eigenvalue weighted by molar-refractivity contribution is -0.124. The number of aliphatic hydroxyl groups is 1. The van der Waals surface area contributed by atoms with Crippen molar-refractivity contribution in [2.45, 2.75) is 63.8 Å². The van der Waals surface area contributed by atoms with Gasteiger partial charge in [0.2, 0.25) is 5.91 Å². The predicted octanol–water partition coefficient (Wildman–Crippen LogP) is 0.686. The lowest BCUT2D eigenvalue weighted by atomic mass is 9.87. The molecule has 2 aliphatic rings. The first-order chi connectivity index (χ1) is 10.6. The van der Waals surface area contributed by atoms with Crippen LogP contribution in [0.1, 0.15) is 37.9 Å². The third kappa shape index (κ3) is 3.33. The number of aryl methyl sites for hydroxylation is 1. The van der Waals surface area contributed by atoms with Gasteiger partial charge in [0, 0.05) is 18.4 Å². The monoisotopic (exact) mass is 306 g/mol. The van der Waals surface area contributed by atoms with E-state index in [1.165, 1.54) is 12.8 Å². The second kappa shape index (κ2) is 6.79. The topological polar surface area (TPSA) is 70.4 Å². The molecule has 1 aliphatic carbocycles. The largest absolute Gasteiger partial charge is 0.389 e. The molecule has 0 aromatic carbocycles. The molecule has 2 heterocycles. The minimum atomic E-state index is -0.459. The van der Waals surface area contributed by atoms with E-state index in [1.54, 1.807) is 12.4 Å². The highest BCUT2D eigenvalue weighted by Crippen LogP contribution is 2.26. The minimum Gasteiger partial charge on any atom is -0.389 e. The van der Waals surface area contributed by atoms with E-state index in [4.69, 9.17) is 0 Å². The molecule has 6 nitrogen and oxygen atoms in total. The van der Waals surface area contributed by atoms with Crippen LogP contribution in [0.2, 0.25) is 0 Å². The summed E-state index contributed by atoms with van der Waals surface area (Å²) in [5.74, 6) is 0.779. The van der Waals surface area contributed by atoms with E-state index in [0.29, 0.717) is 0 Å². The zero-order valence-electron chi connectivity index (χ0n) is 13.2. The maximum absolute atomic E-state index is 12.2. The van der Waals surface area contributed by atoms with E-state index in [2.05, 4.69) is 15.2 Å². The van der Waals surface area contributed by atoms with Crippen LogP contribution in [0, 0.1) is 6.92 Å². The Hall–Kier alpha value is -1.40. The Balaban J connectivity index is 1.56. The fourth-order valence-electron chi connectivity index (χ4n) is 3.76. The van der Waals surface area contributed by atoms with Gasteiger partial charge in [-0.25, -0.2) is 4.98 Å². The molecule has 0 bridgehead atoms. The number of aliphatic hydroxyl groups excluding tert-OH is 1. The van der Waals surface area contributed by atoms with E-state index in [1.807, 2.05) is 11.5 Å². The summed E-state index contributed by atoms with van der Waals surface area (Å²) in [5.41, 5.74) is 0. The number of aromatic nitrogens is 2. The van der Waals surface area contributed by atoms with Gasteiger partial charge in [0.1, 0.15) is 12.4 Å². The van der Waals surface area contributed by atoms with Gasteiger partial charge in [-0.3, -0.25) is 9.69 Å². The molecule has 2 fully saturated rings. The third-order valence-corrected chi connectivity index (χ3v) is 5.02. The molecule has 0 spiro atoms. The smallest absolute Gasteiger partial charge is 0.240 e. The van der Waals surface area contributed by atoms with Gasteiger partial charge in [-0.15, -0.1) is 0 Å². The molecule has 122 valence electrons. The molecule has 0 radical (unpaired) electrons. The number of carbonyl (C=O) groups excluding carboxylic acids is 1. The van der Waals surface area contributed by atoms with E-state index < -0.39 is 6.10 Å². The molecule has 1 amide bonds. The summed E-state index contributed by atoms with van der Waals surface area (Å²) in [7, 11) is 0. The van der Waals surface area contributed by atoms with Crippen molar-refractivity contribution in [1.29, 1.82) is 0 Å². The van der Waals surface area contributed by atoms with E-state index >= 15 is 0 Å². The molecule has 1 aromatic heterocycles. The van der Waals surface area contributed by atoms with Crippen molar-refractivity contribution in [3.63, 3.8) is 0 Å². The average molecular weight is 306 g/mol. The number of hydrogen-bond donors (Lipinski definition) is 2. The van der Waals surface area contributed by atoms with Gasteiger partial charge in [0.05, 0.1) is 12.1 Å². The van der Waals surface area contributed by atoms with Crippen molar-refractivity contribution in [3.05, 3.63) is 18.2 Å². The van der Waals surface area contributed by atoms with E-state index in [0.717, 1.165) is 38.2 Å². The van der Waals surface area contributed by atoms with Gasteiger partial charge in [0.15, 0.2) is 0 Å². The summed E-state index contributed by atoms with van der Waals surface area (Å²) in [5, 5.41) is 13.7. The van der Waals surface area contributed by atoms with E-state index in [9.17, 15) is 9.90 Å². The molecule has 22 heavy (non-hydrogen) atoms. The lowest BCUT2D eigenvalue weighted by Gasteiger charge is -2.40. The Bertz CT molecular complexity index is 510. The predicted molar refractivity (Wildman–Crippen MR) is 83.3 cm³/mol. The molecule has 2 N–H and O–H groups in total. The Kier molecular flexibility index (Phi) is 4.78. The first-order valence-electron chi connectivity index (χ1n) is 8.34. The molecular weight excluding hydrogens is 280 g/mol. The van der Waals surface area contributed by atoms with Crippen molar-refractivity contribution in [2.75, 3.05) is 13.1 Å². The molecular formula is C16H26N4O2. The molecule has 1 aromatic rings. The number of hydrogen-bond acceptors (Lipinski definition) is 4. The van der Waals surface area contributed by atoms with Crippen molar-refractivity contribution >= 4 is 5.91 Å². The molecule has 3 rings (SSSR count). The molecule has 0 unspecified atom stereocenters. The first kappa shape index (κ1) is 15.5. The van der Waals surface area contributed by atoms with Gasteiger partial charge in [-0.2, -0.15) is 0 Å². The van der Waals surface area contributed by atoms with Crippen molar-refractivity contribution in [3.8, 4) is 0 Å². The van der Waals surface area contributed by atoms with Crippen LogP contribution in [0.15, 0.2) is 12.4 Å². The summed E-state index contributed by atoms with van der Waals surface area (Å²) in [6.07, 6.45) is 8.45. The highest BCUT2D eigenvalue weighted by atomic mass is 16.3. The number of carbonyl (C=O) groups is 1. The summed E-state index contributed by atoms with van der Waals surface area (Å²) in [4.78, 5) is 18.7. The molecule has 1 aliphatic heterocycles. The van der Waals surface area contributed by atoms with Crippen LogP contribution < -0.4 is 5.32 Å². The first-order valence-corrected chi connectivity index (χ1v) is 8.34. The zero-order chi connectivity index (χ0) is 15.5. The van der Waals surface area contributed by atoms with Gasteiger partial charge in [-0.1, -0.05) is 0 Å². The summed E-state index contributed by atoms with van der Waals surface area (Å²) < 4.78 is 1.82. The van der Waals surface area contributed by atoms with Crippen molar-refractivity contribution in [1.82, 2.24) is 19.8 Å². The maximum Gasteiger partial charge on any atom is 0.240 e. The molecule has 3 atom stereocenters. The Morgan fingerprint density at radius 2 is 2.14 bits per heavy atom. The number of amides is 1. The summed E-state index contributed by atoms with van der Waals surface area (Å²) >= 11 is 0. The van der Waals surface area contributed by atoms with Crippen LogP contribution in [0.3, 0.4) is 0 Å². The van der Waals surface area contributed by atoms with Crippen LogP contribution in [-0.4, -0.2) is 56.7 Å². The lowest BCUT2D eigenvalue weighted by Crippen LogP contribution is -2.56. The number of rotatable bonds is 4. The Morgan fingerprint density at radius 1 is 1.36 bits per heavy atom.